The summed E-state index contributed by atoms with van der Waals surface area (Å²) in [5.74, 6) is 0.358. The number of hydrogen-bond donors (Lipinski definition) is 3. The molecule has 0 bridgehead atoms. The lowest BCUT2D eigenvalue weighted by Crippen LogP contribution is -2.58. The van der Waals surface area contributed by atoms with E-state index in [2.05, 4.69) is 22.5 Å². The summed E-state index contributed by atoms with van der Waals surface area (Å²) in [6.45, 7) is 6.97. The third kappa shape index (κ3) is 3.54. The number of aromatic hydroxyl groups is 1. The first-order valence-corrected chi connectivity index (χ1v) is 7.71. The molecular formula is C16H25N3O2. The third-order valence-electron chi connectivity index (χ3n) is 4.02. The second kappa shape index (κ2) is 7.43. The van der Waals surface area contributed by atoms with E-state index >= 15 is 0 Å². The highest BCUT2D eigenvalue weighted by Gasteiger charge is 2.34. The van der Waals surface area contributed by atoms with Gasteiger partial charge < -0.3 is 15.7 Å². The minimum atomic E-state index is -0.191. The Balaban J connectivity index is 2.25. The average Bonchev–Trinajstić information content (AvgIpc) is 2.50. The number of likely N-dealkylation sites (N-methyl/N-ethyl adjacent to an activating group) is 1. The van der Waals surface area contributed by atoms with Gasteiger partial charge in [-0.3, -0.25) is 9.69 Å². The number of nitrogens with one attached hydrogen (secondary N) is 2. The lowest BCUT2D eigenvalue weighted by Gasteiger charge is -2.40. The first-order valence-electron chi connectivity index (χ1n) is 7.71. The number of benzene rings is 1. The van der Waals surface area contributed by atoms with Crippen molar-refractivity contribution in [2.24, 2.45) is 0 Å². The summed E-state index contributed by atoms with van der Waals surface area (Å²) in [5.41, 5.74) is 0.899. The molecule has 1 aromatic rings. The fourth-order valence-electron chi connectivity index (χ4n) is 3.03. The Morgan fingerprint density at radius 1 is 1.48 bits per heavy atom. The lowest BCUT2D eigenvalue weighted by molar-refractivity contribution is -0.128. The molecule has 1 fully saturated rings. The van der Waals surface area contributed by atoms with Crippen molar-refractivity contribution in [1.29, 1.82) is 0 Å². The summed E-state index contributed by atoms with van der Waals surface area (Å²) in [6, 6.07) is 7.27. The van der Waals surface area contributed by atoms with Crippen molar-refractivity contribution < 1.29 is 9.90 Å². The maximum absolute atomic E-state index is 12.3. The maximum Gasteiger partial charge on any atom is 0.238 e. The van der Waals surface area contributed by atoms with Crippen LogP contribution in [0.1, 0.15) is 31.9 Å². The molecule has 1 aliphatic rings. The van der Waals surface area contributed by atoms with Crippen LogP contribution in [-0.2, 0) is 4.79 Å². The van der Waals surface area contributed by atoms with Gasteiger partial charge in [-0.15, -0.1) is 0 Å². The highest BCUT2D eigenvalue weighted by Crippen LogP contribution is 2.32. The summed E-state index contributed by atoms with van der Waals surface area (Å²) < 4.78 is 0. The summed E-state index contributed by atoms with van der Waals surface area (Å²) in [5, 5.41) is 16.3. The molecule has 5 nitrogen and oxygen atoms in total. The number of rotatable bonds is 5. The SMILES string of the molecule is CCNC(=O)C1CNCCN1C(CC)c1ccccc1O. The van der Waals surface area contributed by atoms with Crippen LogP contribution in [0.3, 0.4) is 0 Å². The van der Waals surface area contributed by atoms with Gasteiger partial charge in [-0.25, -0.2) is 0 Å². The standard InChI is InChI=1S/C16H25N3O2/c1-3-13(12-7-5-6-8-15(12)20)19-10-9-17-11-14(19)16(21)18-4-2/h5-8,13-14,17,20H,3-4,9-11H2,1-2H3,(H,18,21). The van der Waals surface area contributed by atoms with Gasteiger partial charge >= 0.3 is 0 Å². The number of phenols is 1. The van der Waals surface area contributed by atoms with Crippen molar-refractivity contribution >= 4 is 5.91 Å². The van der Waals surface area contributed by atoms with Crippen molar-refractivity contribution in [3.05, 3.63) is 29.8 Å². The van der Waals surface area contributed by atoms with Gasteiger partial charge in [-0.05, 0) is 19.4 Å². The van der Waals surface area contributed by atoms with Gasteiger partial charge in [0, 0.05) is 37.8 Å². The number of piperazine rings is 1. The molecule has 1 aliphatic heterocycles. The van der Waals surface area contributed by atoms with E-state index < -0.39 is 0 Å². The van der Waals surface area contributed by atoms with E-state index in [0.29, 0.717) is 18.8 Å². The molecule has 0 spiro atoms. The molecule has 1 amide bonds. The van der Waals surface area contributed by atoms with Crippen molar-refractivity contribution in [3.8, 4) is 5.75 Å². The zero-order chi connectivity index (χ0) is 15.2. The van der Waals surface area contributed by atoms with Gasteiger partial charge in [0.05, 0.1) is 0 Å². The Kier molecular flexibility index (Phi) is 5.59. The normalized spacial score (nSPS) is 21.0. The predicted molar refractivity (Wildman–Crippen MR) is 83.2 cm³/mol. The Hall–Kier alpha value is -1.59. The molecule has 116 valence electrons. The summed E-state index contributed by atoms with van der Waals surface area (Å²) in [6.07, 6.45) is 0.855. The smallest absolute Gasteiger partial charge is 0.238 e. The van der Waals surface area contributed by atoms with Crippen LogP contribution in [0.5, 0.6) is 5.75 Å². The van der Waals surface area contributed by atoms with Crippen molar-refractivity contribution in [2.45, 2.75) is 32.4 Å². The summed E-state index contributed by atoms with van der Waals surface area (Å²) in [4.78, 5) is 14.5. The average molecular weight is 291 g/mol. The van der Waals surface area contributed by atoms with Crippen LogP contribution >= 0.6 is 0 Å². The van der Waals surface area contributed by atoms with Crippen LogP contribution in [0, 0.1) is 0 Å². The van der Waals surface area contributed by atoms with Crippen molar-refractivity contribution in [1.82, 2.24) is 15.5 Å². The van der Waals surface area contributed by atoms with Gasteiger partial charge in [-0.1, -0.05) is 25.1 Å². The Morgan fingerprint density at radius 3 is 2.90 bits per heavy atom. The molecule has 1 saturated heterocycles. The highest BCUT2D eigenvalue weighted by atomic mass is 16.3. The molecule has 2 unspecified atom stereocenters. The first-order chi connectivity index (χ1) is 10.2. The Bertz CT molecular complexity index is 478. The molecule has 0 radical (unpaired) electrons. The molecule has 0 aliphatic carbocycles. The van der Waals surface area contributed by atoms with E-state index in [1.54, 1.807) is 6.07 Å². The van der Waals surface area contributed by atoms with E-state index in [1.165, 1.54) is 0 Å². The molecule has 21 heavy (non-hydrogen) atoms. The minimum absolute atomic E-state index is 0.0542. The minimum Gasteiger partial charge on any atom is -0.508 e. The Labute approximate surface area is 126 Å². The molecular weight excluding hydrogens is 266 g/mol. The van der Waals surface area contributed by atoms with Gasteiger partial charge in [0.25, 0.3) is 0 Å². The van der Waals surface area contributed by atoms with E-state index in [1.807, 2.05) is 25.1 Å². The summed E-state index contributed by atoms with van der Waals surface area (Å²) in [7, 11) is 0. The maximum atomic E-state index is 12.3. The number of phenolic OH excluding ortho intramolecular Hbond substituents is 1. The molecule has 5 heteroatoms. The molecule has 2 atom stereocenters. The van der Waals surface area contributed by atoms with E-state index in [9.17, 15) is 9.90 Å². The largest absolute Gasteiger partial charge is 0.508 e. The van der Waals surface area contributed by atoms with Crippen LogP contribution in [0.25, 0.3) is 0 Å². The lowest BCUT2D eigenvalue weighted by atomic mass is 9.98. The third-order valence-corrected chi connectivity index (χ3v) is 4.02. The molecule has 1 heterocycles. The van der Waals surface area contributed by atoms with Crippen LogP contribution in [0.4, 0.5) is 0 Å². The number of para-hydroxylation sites is 1. The van der Waals surface area contributed by atoms with Crippen LogP contribution in [0.15, 0.2) is 24.3 Å². The zero-order valence-corrected chi connectivity index (χ0v) is 12.8. The van der Waals surface area contributed by atoms with Crippen molar-refractivity contribution in [3.63, 3.8) is 0 Å². The van der Waals surface area contributed by atoms with Gasteiger partial charge in [0.1, 0.15) is 11.8 Å². The van der Waals surface area contributed by atoms with Gasteiger partial charge in [-0.2, -0.15) is 0 Å². The predicted octanol–water partition coefficient (Wildman–Crippen LogP) is 1.25. The van der Waals surface area contributed by atoms with Gasteiger partial charge in [0.2, 0.25) is 5.91 Å². The fraction of sp³-hybridized carbons (Fsp3) is 0.562. The van der Waals surface area contributed by atoms with Crippen LogP contribution in [-0.4, -0.2) is 48.1 Å². The Morgan fingerprint density at radius 2 is 2.24 bits per heavy atom. The number of carbonyl (C=O) groups is 1. The second-order valence-electron chi connectivity index (χ2n) is 5.34. The topological polar surface area (TPSA) is 64.6 Å². The molecule has 0 aromatic heterocycles. The zero-order valence-electron chi connectivity index (χ0n) is 12.8. The van der Waals surface area contributed by atoms with E-state index in [-0.39, 0.29) is 18.0 Å². The fourth-order valence-corrected chi connectivity index (χ4v) is 3.03. The van der Waals surface area contributed by atoms with Crippen LogP contribution < -0.4 is 10.6 Å². The molecule has 1 aromatic carbocycles. The number of carbonyl (C=O) groups excluding carboxylic acids is 1. The van der Waals surface area contributed by atoms with Crippen LogP contribution in [0.2, 0.25) is 0 Å². The highest BCUT2D eigenvalue weighted by molar-refractivity contribution is 5.82. The van der Waals surface area contributed by atoms with Gasteiger partial charge in [0.15, 0.2) is 0 Å². The second-order valence-corrected chi connectivity index (χ2v) is 5.34. The molecule has 3 N–H and O–H groups in total. The molecule has 2 rings (SSSR count). The monoisotopic (exact) mass is 291 g/mol. The quantitative estimate of drug-likeness (QED) is 0.764. The number of hydrogen-bond acceptors (Lipinski definition) is 4. The summed E-state index contributed by atoms with van der Waals surface area (Å²) >= 11 is 0. The van der Waals surface area contributed by atoms with E-state index in [4.69, 9.17) is 0 Å². The van der Waals surface area contributed by atoms with Crippen molar-refractivity contribution in [2.75, 3.05) is 26.2 Å². The molecule has 0 saturated carbocycles. The van der Waals surface area contributed by atoms with E-state index in [0.717, 1.165) is 25.1 Å². The number of amides is 1. The number of nitrogens with zero attached hydrogens (tertiary/aromatic N) is 1. The first kappa shape index (κ1) is 15.8.